The number of halogens is 1. The summed E-state index contributed by atoms with van der Waals surface area (Å²) in [4.78, 5) is 18.5. The van der Waals surface area contributed by atoms with E-state index in [1.807, 2.05) is 0 Å². The monoisotopic (exact) mass is 274 g/mol. The Bertz CT molecular complexity index is 630. The molecule has 0 unspecified atom stereocenters. The first-order valence-corrected chi connectivity index (χ1v) is 5.74. The number of rotatable bonds is 5. The lowest BCUT2D eigenvalue weighted by Gasteiger charge is -2.08. The summed E-state index contributed by atoms with van der Waals surface area (Å²) in [6.45, 7) is 0.111. The number of aliphatic carboxylic acids is 1. The molecular weight excluding hydrogens is 263 g/mol. The molecule has 2 aromatic rings. The summed E-state index contributed by atoms with van der Waals surface area (Å²) >= 11 is 0. The van der Waals surface area contributed by atoms with Crippen molar-refractivity contribution in [3.05, 3.63) is 59.9 Å². The SMILES string of the molecule is O=C(O)/C=C/c1cc(F)ccc1OCc1ncccn1. The molecule has 0 radical (unpaired) electrons. The molecule has 1 N–H and O–H groups in total. The minimum absolute atomic E-state index is 0.111. The maximum absolute atomic E-state index is 13.2. The third-order valence-corrected chi connectivity index (χ3v) is 2.35. The largest absolute Gasteiger partial charge is 0.485 e. The number of hydrogen-bond acceptors (Lipinski definition) is 4. The molecule has 0 atom stereocenters. The van der Waals surface area contributed by atoms with E-state index in [0.29, 0.717) is 17.1 Å². The molecule has 0 bridgehead atoms. The zero-order valence-corrected chi connectivity index (χ0v) is 10.4. The zero-order chi connectivity index (χ0) is 14.4. The van der Waals surface area contributed by atoms with Crippen molar-refractivity contribution in [3.63, 3.8) is 0 Å². The molecular formula is C14H11FN2O3. The second kappa shape index (κ2) is 6.42. The van der Waals surface area contributed by atoms with Crippen molar-refractivity contribution in [2.75, 3.05) is 0 Å². The number of carboxylic acids is 1. The van der Waals surface area contributed by atoms with Gasteiger partial charge in [-0.25, -0.2) is 19.2 Å². The summed E-state index contributed by atoms with van der Waals surface area (Å²) < 4.78 is 18.6. The fourth-order valence-electron chi connectivity index (χ4n) is 1.49. The van der Waals surface area contributed by atoms with Gasteiger partial charge in [-0.3, -0.25) is 0 Å². The van der Waals surface area contributed by atoms with Gasteiger partial charge in [0, 0.05) is 24.0 Å². The molecule has 0 saturated heterocycles. The maximum atomic E-state index is 13.2. The highest BCUT2D eigenvalue weighted by Crippen LogP contribution is 2.22. The van der Waals surface area contributed by atoms with Crippen LogP contribution in [0.4, 0.5) is 4.39 Å². The molecule has 0 spiro atoms. The average molecular weight is 274 g/mol. The smallest absolute Gasteiger partial charge is 0.328 e. The van der Waals surface area contributed by atoms with Gasteiger partial charge in [0.2, 0.25) is 0 Å². The van der Waals surface area contributed by atoms with Crippen LogP contribution in [0, 0.1) is 5.82 Å². The summed E-state index contributed by atoms with van der Waals surface area (Å²) in [6, 6.07) is 5.54. The molecule has 0 aliphatic rings. The number of carboxylic acid groups (broad SMARTS) is 1. The summed E-state index contributed by atoms with van der Waals surface area (Å²) in [7, 11) is 0. The van der Waals surface area contributed by atoms with Crippen LogP contribution in [0.5, 0.6) is 5.75 Å². The van der Waals surface area contributed by atoms with Crippen LogP contribution in [0.3, 0.4) is 0 Å². The molecule has 1 aromatic carbocycles. The van der Waals surface area contributed by atoms with Crippen LogP contribution in [0.25, 0.3) is 6.08 Å². The van der Waals surface area contributed by atoms with E-state index in [1.165, 1.54) is 24.3 Å². The van der Waals surface area contributed by atoms with Gasteiger partial charge in [0.05, 0.1) is 0 Å². The molecule has 6 heteroatoms. The number of hydrogen-bond donors (Lipinski definition) is 1. The molecule has 5 nitrogen and oxygen atoms in total. The van der Waals surface area contributed by atoms with Crippen molar-refractivity contribution in [2.24, 2.45) is 0 Å². The molecule has 1 heterocycles. The normalized spacial score (nSPS) is 10.7. The Morgan fingerprint density at radius 3 is 2.80 bits per heavy atom. The van der Waals surface area contributed by atoms with E-state index in [9.17, 15) is 9.18 Å². The van der Waals surface area contributed by atoms with Crippen LogP contribution in [0.2, 0.25) is 0 Å². The Kier molecular flexibility index (Phi) is 4.39. The predicted molar refractivity (Wildman–Crippen MR) is 69.4 cm³/mol. The molecule has 0 aliphatic heterocycles. The molecule has 2 rings (SSSR count). The first kappa shape index (κ1) is 13.7. The van der Waals surface area contributed by atoms with Crippen molar-refractivity contribution in [2.45, 2.75) is 6.61 Å². The lowest BCUT2D eigenvalue weighted by atomic mass is 10.2. The number of benzene rings is 1. The molecule has 1 aromatic heterocycles. The lowest BCUT2D eigenvalue weighted by Crippen LogP contribution is -2.01. The van der Waals surface area contributed by atoms with Crippen LogP contribution in [0.15, 0.2) is 42.7 Å². The molecule has 0 saturated carbocycles. The third kappa shape index (κ3) is 3.88. The number of nitrogens with zero attached hydrogens (tertiary/aromatic N) is 2. The van der Waals surface area contributed by atoms with Crippen molar-refractivity contribution in [1.82, 2.24) is 9.97 Å². The Hall–Kier alpha value is -2.76. The van der Waals surface area contributed by atoms with E-state index >= 15 is 0 Å². The highest BCUT2D eigenvalue weighted by Gasteiger charge is 2.05. The van der Waals surface area contributed by atoms with Gasteiger partial charge in [-0.1, -0.05) is 0 Å². The Balaban J connectivity index is 2.16. The van der Waals surface area contributed by atoms with Crippen molar-refractivity contribution < 1.29 is 19.0 Å². The van der Waals surface area contributed by atoms with Crippen LogP contribution in [-0.4, -0.2) is 21.0 Å². The van der Waals surface area contributed by atoms with E-state index in [4.69, 9.17) is 9.84 Å². The summed E-state index contributed by atoms with van der Waals surface area (Å²) in [6.07, 6.45) is 5.36. The lowest BCUT2D eigenvalue weighted by molar-refractivity contribution is -0.131. The van der Waals surface area contributed by atoms with Gasteiger partial charge < -0.3 is 9.84 Å². The number of aromatic nitrogens is 2. The maximum Gasteiger partial charge on any atom is 0.328 e. The average Bonchev–Trinajstić information content (AvgIpc) is 2.45. The molecule has 0 fully saturated rings. The Morgan fingerprint density at radius 2 is 2.10 bits per heavy atom. The summed E-state index contributed by atoms with van der Waals surface area (Å²) in [5.41, 5.74) is 0.336. The van der Waals surface area contributed by atoms with Crippen molar-refractivity contribution >= 4 is 12.0 Å². The fourth-order valence-corrected chi connectivity index (χ4v) is 1.49. The molecule has 0 aliphatic carbocycles. The van der Waals surface area contributed by atoms with Crippen LogP contribution < -0.4 is 4.74 Å². The zero-order valence-electron chi connectivity index (χ0n) is 10.4. The molecule has 102 valence electrons. The first-order chi connectivity index (χ1) is 9.65. The van der Waals surface area contributed by atoms with E-state index in [0.717, 1.165) is 6.08 Å². The third-order valence-electron chi connectivity index (χ3n) is 2.35. The van der Waals surface area contributed by atoms with Crippen LogP contribution in [-0.2, 0) is 11.4 Å². The van der Waals surface area contributed by atoms with Crippen molar-refractivity contribution in [3.8, 4) is 5.75 Å². The van der Waals surface area contributed by atoms with Gasteiger partial charge >= 0.3 is 5.97 Å². The van der Waals surface area contributed by atoms with Crippen molar-refractivity contribution in [1.29, 1.82) is 0 Å². The molecule has 0 amide bonds. The highest BCUT2D eigenvalue weighted by atomic mass is 19.1. The summed E-state index contributed by atoms with van der Waals surface area (Å²) in [5.74, 6) is -0.758. The standard InChI is InChI=1S/C14H11FN2O3/c15-11-3-4-12(10(8-11)2-5-14(18)19)20-9-13-16-6-1-7-17-13/h1-8H,9H2,(H,18,19)/b5-2+. The Morgan fingerprint density at radius 1 is 1.35 bits per heavy atom. The fraction of sp³-hybridized carbons (Fsp3) is 0.0714. The quantitative estimate of drug-likeness (QED) is 0.847. The summed E-state index contributed by atoms with van der Waals surface area (Å²) in [5, 5.41) is 8.60. The van der Waals surface area contributed by atoms with Gasteiger partial charge in [-0.15, -0.1) is 0 Å². The van der Waals surface area contributed by atoms with E-state index in [2.05, 4.69) is 9.97 Å². The van der Waals surface area contributed by atoms with Crippen LogP contribution in [0.1, 0.15) is 11.4 Å². The van der Waals surface area contributed by atoms with E-state index in [1.54, 1.807) is 18.5 Å². The van der Waals surface area contributed by atoms with Crippen LogP contribution >= 0.6 is 0 Å². The van der Waals surface area contributed by atoms with Gasteiger partial charge in [0.15, 0.2) is 5.82 Å². The number of carbonyl (C=O) groups is 1. The van der Waals surface area contributed by atoms with E-state index < -0.39 is 11.8 Å². The second-order valence-electron chi connectivity index (χ2n) is 3.81. The first-order valence-electron chi connectivity index (χ1n) is 5.74. The van der Waals surface area contributed by atoms with Gasteiger partial charge in [0.1, 0.15) is 18.2 Å². The minimum Gasteiger partial charge on any atom is -0.485 e. The van der Waals surface area contributed by atoms with E-state index in [-0.39, 0.29) is 6.61 Å². The topological polar surface area (TPSA) is 72.3 Å². The number of ether oxygens (including phenoxy) is 1. The molecule has 20 heavy (non-hydrogen) atoms. The van der Waals surface area contributed by atoms with Gasteiger partial charge in [0.25, 0.3) is 0 Å². The predicted octanol–water partition coefficient (Wildman–Crippen LogP) is 2.29. The Labute approximate surface area is 114 Å². The minimum atomic E-state index is -1.12. The van der Waals surface area contributed by atoms with Gasteiger partial charge in [-0.05, 0) is 30.3 Å². The second-order valence-corrected chi connectivity index (χ2v) is 3.81. The highest BCUT2D eigenvalue weighted by molar-refractivity contribution is 5.85. The van der Waals surface area contributed by atoms with Gasteiger partial charge in [-0.2, -0.15) is 0 Å².